The van der Waals surface area contributed by atoms with Crippen molar-refractivity contribution < 1.29 is 8.42 Å². The summed E-state index contributed by atoms with van der Waals surface area (Å²) in [4.78, 5) is 0. The smallest absolute Gasteiger partial charge is 0.212 e. The molecule has 0 aliphatic rings. The summed E-state index contributed by atoms with van der Waals surface area (Å²) < 4.78 is 27.1. The van der Waals surface area contributed by atoms with Crippen molar-refractivity contribution in [1.82, 2.24) is 4.72 Å². The molecular formula is C16H19NO2S. The molecule has 0 saturated carbocycles. The van der Waals surface area contributed by atoms with Crippen LogP contribution >= 0.6 is 0 Å². The normalized spacial score (nSPS) is 13.1. The molecule has 0 spiro atoms. The molecule has 3 nitrogen and oxygen atoms in total. The third kappa shape index (κ3) is 4.18. The molecule has 1 N–H and O–H groups in total. The Hall–Kier alpha value is -1.65. The fourth-order valence-corrected chi connectivity index (χ4v) is 3.52. The Morgan fingerprint density at radius 3 is 2.40 bits per heavy atom. The van der Waals surface area contributed by atoms with Gasteiger partial charge in [0.15, 0.2) is 0 Å². The molecule has 0 bridgehead atoms. The summed E-state index contributed by atoms with van der Waals surface area (Å²) in [5, 5.41) is 0. The highest BCUT2D eigenvalue weighted by atomic mass is 32.2. The van der Waals surface area contributed by atoms with Gasteiger partial charge in [-0.3, -0.25) is 0 Å². The van der Waals surface area contributed by atoms with E-state index in [0.717, 1.165) is 16.7 Å². The summed E-state index contributed by atoms with van der Waals surface area (Å²) >= 11 is 0. The van der Waals surface area contributed by atoms with Crippen molar-refractivity contribution in [3.05, 3.63) is 71.3 Å². The van der Waals surface area contributed by atoms with Crippen LogP contribution in [-0.4, -0.2) is 8.42 Å². The zero-order valence-electron chi connectivity index (χ0n) is 11.7. The molecule has 0 aliphatic heterocycles. The van der Waals surface area contributed by atoms with Crippen molar-refractivity contribution in [2.24, 2.45) is 0 Å². The van der Waals surface area contributed by atoms with Gasteiger partial charge in [-0.2, -0.15) is 0 Å². The van der Waals surface area contributed by atoms with Crippen molar-refractivity contribution in [1.29, 1.82) is 0 Å². The highest BCUT2D eigenvalue weighted by Crippen LogP contribution is 2.15. The van der Waals surface area contributed by atoms with Gasteiger partial charge < -0.3 is 0 Å². The highest BCUT2D eigenvalue weighted by molar-refractivity contribution is 7.88. The minimum Gasteiger partial charge on any atom is -0.212 e. The molecule has 0 aliphatic carbocycles. The molecular weight excluding hydrogens is 270 g/mol. The van der Waals surface area contributed by atoms with E-state index in [0.29, 0.717) is 0 Å². The van der Waals surface area contributed by atoms with Crippen LogP contribution < -0.4 is 4.72 Å². The molecule has 0 aromatic heterocycles. The van der Waals surface area contributed by atoms with Crippen LogP contribution in [0.1, 0.15) is 29.7 Å². The Morgan fingerprint density at radius 1 is 1.05 bits per heavy atom. The third-order valence-electron chi connectivity index (χ3n) is 3.10. The van der Waals surface area contributed by atoms with E-state index in [1.807, 2.05) is 68.4 Å². The number of sulfonamides is 1. The predicted octanol–water partition coefficient (Wildman–Crippen LogP) is 3.18. The Bertz CT molecular complexity index is 666. The molecule has 0 radical (unpaired) electrons. The second-order valence-electron chi connectivity index (χ2n) is 5.00. The molecule has 20 heavy (non-hydrogen) atoms. The van der Waals surface area contributed by atoms with Gasteiger partial charge in [0.25, 0.3) is 0 Å². The van der Waals surface area contributed by atoms with Crippen molar-refractivity contribution >= 4 is 10.0 Å². The van der Waals surface area contributed by atoms with E-state index in [-0.39, 0.29) is 11.8 Å². The lowest BCUT2D eigenvalue weighted by atomic mass is 10.1. The van der Waals surface area contributed by atoms with E-state index in [4.69, 9.17) is 0 Å². The van der Waals surface area contributed by atoms with Gasteiger partial charge in [-0.25, -0.2) is 13.1 Å². The Kier molecular flexibility index (Phi) is 4.57. The van der Waals surface area contributed by atoms with Gasteiger partial charge in [-0.1, -0.05) is 60.2 Å². The van der Waals surface area contributed by atoms with E-state index in [1.54, 1.807) is 0 Å². The topological polar surface area (TPSA) is 46.2 Å². The van der Waals surface area contributed by atoms with E-state index in [1.165, 1.54) is 0 Å². The van der Waals surface area contributed by atoms with Crippen molar-refractivity contribution in [2.45, 2.75) is 25.6 Å². The van der Waals surface area contributed by atoms with Gasteiger partial charge in [0.2, 0.25) is 10.0 Å². The summed E-state index contributed by atoms with van der Waals surface area (Å²) in [5.41, 5.74) is 2.83. The second kappa shape index (κ2) is 6.20. The number of hydrogen-bond acceptors (Lipinski definition) is 2. The predicted molar refractivity (Wildman–Crippen MR) is 81.8 cm³/mol. The minimum absolute atomic E-state index is 0.00581. The van der Waals surface area contributed by atoms with Gasteiger partial charge in [0, 0.05) is 6.04 Å². The minimum atomic E-state index is -3.35. The summed E-state index contributed by atoms with van der Waals surface area (Å²) in [7, 11) is -3.35. The molecule has 2 aromatic carbocycles. The van der Waals surface area contributed by atoms with Gasteiger partial charge in [-0.05, 0) is 25.0 Å². The number of benzene rings is 2. The molecule has 0 saturated heterocycles. The zero-order valence-corrected chi connectivity index (χ0v) is 12.5. The van der Waals surface area contributed by atoms with Crippen LogP contribution in [0.3, 0.4) is 0 Å². The summed E-state index contributed by atoms with van der Waals surface area (Å²) in [6.07, 6.45) is 0. The molecule has 0 unspecified atom stereocenters. The molecule has 2 aromatic rings. The first-order valence-corrected chi connectivity index (χ1v) is 8.22. The monoisotopic (exact) mass is 289 g/mol. The maximum Gasteiger partial charge on any atom is 0.216 e. The van der Waals surface area contributed by atoms with Crippen LogP contribution in [0.25, 0.3) is 0 Å². The van der Waals surface area contributed by atoms with E-state index < -0.39 is 10.0 Å². The van der Waals surface area contributed by atoms with Crippen LogP contribution in [0.5, 0.6) is 0 Å². The first kappa shape index (κ1) is 14.8. The van der Waals surface area contributed by atoms with E-state index in [2.05, 4.69) is 4.72 Å². The van der Waals surface area contributed by atoms with E-state index in [9.17, 15) is 8.42 Å². The Morgan fingerprint density at radius 2 is 1.75 bits per heavy atom. The number of aryl methyl sites for hydroxylation is 1. The summed E-state index contributed by atoms with van der Waals surface area (Å²) in [6.45, 7) is 3.80. The highest BCUT2D eigenvalue weighted by Gasteiger charge is 2.16. The van der Waals surface area contributed by atoms with Crippen LogP contribution in [0.4, 0.5) is 0 Å². The van der Waals surface area contributed by atoms with Gasteiger partial charge >= 0.3 is 0 Å². The summed E-state index contributed by atoms with van der Waals surface area (Å²) in [6, 6.07) is 16.9. The van der Waals surface area contributed by atoms with Crippen LogP contribution in [0.2, 0.25) is 0 Å². The van der Waals surface area contributed by atoms with Gasteiger partial charge in [-0.15, -0.1) is 0 Å². The number of hydrogen-bond donors (Lipinski definition) is 1. The zero-order chi connectivity index (χ0) is 14.6. The molecule has 106 valence electrons. The molecule has 0 fully saturated rings. The number of rotatable bonds is 5. The number of nitrogens with one attached hydrogen (secondary N) is 1. The Balaban J connectivity index is 2.08. The first-order valence-electron chi connectivity index (χ1n) is 6.57. The standard InChI is InChI=1S/C16H19NO2S/c1-13-7-6-8-15(11-13)12-20(18,19)17-14(2)16-9-4-3-5-10-16/h3-11,14,17H,12H2,1-2H3/t14-/m1/s1. The molecule has 1 atom stereocenters. The van der Waals surface area contributed by atoms with Crippen LogP contribution in [0, 0.1) is 6.92 Å². The van der Waals surface area contributed by atoms with Crippen molar-refractivity contribution in [3.8, 4) is 0 Å². The molecule has 4 heteroatoms. The SMILES string of the molecule is Cc1cccc(CS(=O)(=O)N[C@H](C)c2ccccc2)c1. The maximum atomic E-state index is 12.2. The quantitative estimate of drug-likeness (QED) is 0.919. The van der Waals surface area contributed by atoms with Crippen molar-refractivity contribution in [3.63, 3.8) is 0 Å². The molecule has 0 amide bonds. The third-order valence-corrected chi connectivity index (χ3v) is 4.52. The van der Waals surface area contributed by atoms with Crippen LogP contribution in [0.15, 0.2) is 54.6 Å². The molecule has 0 heterocycles. The average Bonchev–Trinajstić information content (AvgIpc) is 2.38. The average molecular weight is 289 g/mol. The van der Waals surface area contributed by atoms with E-state index >= 15 is 0 Å². The van der Waals surface area contributed by atoms with Crippen LogP contribution in [-0.2, 0) is 15.8 Å². The lowest BCUT2D eigenvalue weighted by Gasteiger charge is -2.14. The Labute approximate surface area is 120 Å². The lowest BCUT2D eigenvalue weighted by molar-refractivity contribution is 0.566. The second-order valence-corrected chi connectivity index (χ2v) is 6.75. The van der Waals surface area contributed by atoms with Crippen molar-refractivity contribution in [2.75, 3.05) is 0 Å². The van der Waals surface area contributed by atoms with Gasteiger partial charge in [0.1, 0.15) is 0 Å². The molecule has 2 rings (SSSR count). The van der Waals surface area contributed by atoms with Gasteiger partial charge in [0.05, 0.1) is 5.75 Å². The largest absolute Gasteiger partial charge is 0.216 e. The fraction of sp³-hybridized carbons (Fsp3) is 0.250. The lowest BCUT2D eigenvalue weighted by Crippen LogP contribution is -2.28. The first-order chi connectivity index (χ1) is 9.46. The maximum absolute atomic E-state index is 12.2. The summed E-state index contributed by atoms with van der Waals surface area (Å²) in [5.74, 6) is 0.00581. The fourth-order valence-electron chi connectivity index (χ4n) is 2.14.